The molecule has 0 aliphatic rings. The molecule has 2 rings (SSSR count). The Morgan fingerprint density at radius 2 is 1.62 bits per heavy atom. The second-order valence-electron chi connectivity index (χ2n) is 4.97. The van der Waals surface area contributed by atoms with E-state index in [1.54, 1.807) is 0 Å². The van der Waals surface area contributed by atoms with Gasteiger partial charge < -0.3 is 5.32 Å². The van der Waals surface area contributed by atoms with Crippen molar-refractivity contribution in [3.8, 4) is 0 Å². The van der Waals surface area contributed by atoms with Crippen LogP contribution in [0.25, 0.3) is 0 Å². The molecule has 0 saturated heterocycles. The first-order valence-corrected chi connectivity index (χ1v) is 9.91. The Hall–Kier alpha value is -2.67. The van der Waals surface area contributed by atoms with Gasteiger partial charge in [-0.05, 0) is 36.4 Å². The number of azo groups is 1. The van der Waals surface area contributed by atoms with Crippen LogP contribution in [0.2, 0.25) is 0 Å². The predicted octanol–water partition coefficient (Wildman–Crippen LogP) is 2.42. The van der Waals surface area contributed by atoms with Gasteiger partial charge in [0.2, 0.25) is 0 Å². The van der Waals surface area contributed by atoms with E-state index >= 15 is 0 Å². The molecular weight excluding hydrogens is 386 g/mol. The summed E-state index contributed by atoms with van der Waals surface area (Å²) in [6.45, 7) is 0. The van der Waals surface area contributed by atoms with Gasteiger partial charge in [-0.2, -0.15) is 21.9 Å². The third kappa shape index (κ3) is 5.70. The monoisotopic (exact) mass is 399 g/mol. The molecule has 0 unspecified atom stereocenters. The fraction of sp³-hybridized carbons (Fsp3) is 0.0714. The molecular formula is C14H13N3O7S2. The molecule has 10 nitrogen and oxygen atoms in total. The molecule has 0 fully saturated rings. The number of carbonyl (C=O) groups excluding carboxylic acids is 1. The fourth-order valence-corrected chi connectivity index (χ4v) is 2.79. The highest BCUT2D eigenvalue weighted by Gasteiger charge is 2.16. The van der Waals surface area contributed by atoms with Gasteiger partial charge in [-0.15, -0.1) is 5.11 Å². The Morgan fingerprint density at radius 3 is 2.15 bits per heavy atom. The average molecular weight is 399 g/mol. The number of rotatable bonds is 7. The van der Waals surface area contributed by atoms with Crippen molar-refractivity contribution < 1.29 is 30.7 Å². The van der Waals surface area contributed by atoms with Gasteiger partial charge in [0.15, 0.2) is 0 Å². The maximum atomic E-state index is 11.4. The Kier molecular flexibility index (Phi) is 5.82. The number of hydrogen-bond acceptors (Lipinski definition) is 8. The first kappa shape index (κ1) is 19.7. The highest BCUT2D eigenvalue weighted by Crippen LogP contribution is 2.27. The van der Waals surface area contributed by atoms with Crippen LogP contribution >= 0.6 is 0 Å². The number of carbonyl (C=O) groups is 1. The molecule has 0 aliphatic carbocycles. The molecule has 0 spiro atoms. The molecule has 0 heterocycles. The van der Waals surface area contributed by atoms with Crippen molar-refractivity contribution >= 4 is 43.6 Å². The number of nitrogens with one attached hydrogen (secondary N) is 1. The van der Waals surface area contributed by atoms with Gasteiger partial charge in [0.1, 0.15) is 22.7 Å². The zero-order valence-electron chi connectivity index (χ0n) is 13.0. The van der Waals surface area contributed by atoms with Crippen LogP contribution < -0.4 is 5.32 Å². The van der Waals surface area contributed by atoms with Gasteiger partial charge in [0.25, 0.3) is 20.2 Å². The van der Waals surface area contributed by atoms with E-state index in [0.29, 0.717) is 17.7 Å². The summed E-state index contributed by atoms with van der Waals surface area (Å²) in [6.07, 6.45) is 0.489. The van der Waals surface area contributed by atoms with E-state index in [2.05, 4.69) is 15.5 Å². The third-order valence-electron chi connectivity index (χ3n) is 3.00. The first-order chi connectivity index (χ1) is 12.1. The molecule has 0 aliphatic heterocycles. The van der Waals surface area contributed by atoms with Crippen LogP contribution in [0.3, 0.4) is 0 Å². The van der Waals surface area contributed by atoms with Crippen molar-refractivity contribution in [2.45, 2.75) is 4.90 Å². The summed E-state index contributed by atoms with van der Waals surface area (Å²) in [4.78, 5) is 10.3. The van der Waals surface area contributed by atoms with Crippen molar-refractivity contribution in [3.63, 3.8) is 0 Å². The van der Waals surface area contributed by atoms with Gasteiger partial charge in [-0.1, -0.05) is 6.07 Å². The molecule has 0 bridgehead atoms. The van der Waals surface area contributed by atoms with Crippen LogP contribution in [0, 0.1) is 0 Å². The molecule has 138 valence electrons. The lowest BCUT2D eigenvalue weighted by atomic mass is 10.2. The number of nitrogens with zero attached hydrogens (tertiary/aromatic N) is 2. The first-order valence-electron chi connectivity index (χ1n) is 6.86. The minimum atomic E-state index is -4.55. The van der Waals surface area contributed by atoms with E-state index in [4.69, 9.17) is 4.55 Å². The lowest BCUT2D eigenvalue weighted by molar-refractivity contribution is 0.112. The van der Waals surface area contributed by atoms with Crippen molar-refractivity contribution in [1.29, 1.82) is 0 Å². The van der Waals surface area contributed by atoms with Crippen molar-refractivity contribution in [1.82, 2.24) is 0 Å². The molecule has 12 heteroatoms. The smallest absolute Gasteiger partial charge is 0.296 e. The molecule has 3 N–H and O–H groups in total. The van der Waals surface area contributed by atoms with E-state index in [1.807, 2.05) is 0 Å². The van der Waals surface area contributed by atoms with Crippen LogP contribution in [-0.4, -0.2) is 38.1 Å². The molecule has 2 aromatic carbocycles. The zero-order valence-corrected chi connectivity index (χ0v) is 14.6. The highest BCUT2D eigenvalue weighted by molar-refractivity contribution is 7.86. The van der Waals surface area contributed by atoms with Crippen LogP contribution in [0.4, 0.5) is 17.1 Å². The van der Waals surface area contributed by atoms with E-state index in [1.165, 1.54) is 30.3 Å². The molecule has 26 heavy (non-hydrogen) atoms. The minimum absolute atomic E-state index is 0.149. The number of aldehydes is 1. The van der Waals surface area contributed by atoms with Gasteiger partial charge in [-0.3, -0.25) is 13.9 Å². The summed E-state index contributed by atoms with van der Waals surface area (Å²) < 4.78 is 61.9. The maximum Gasteiger partial charge on any atom is 0.296 e. The molecule has 2 aromatic rings. The van der Waals surface area contributed by atoms with Crippen LogP contribution in [0.5, 0.6) is 0 Å². The summed E-state index contributed by atoms with van der Waals surface area (Å²) in [5.74, 6) is -0.663. The number of benzene rings is 2. The Morgan fingerprint density at radius 1 is 0.962 bits per heavy atom. The molecule has 0 atom stereocenters. The van der Waals surface area contributed by atoms with Gasteiger partial charge in [0, 0.05) is 11.3 Å². The molecule has 0 amide bonds. The van der Waals surface area contributed by atoms with Crippen LogP contribution in [0.1, 0.15) is 10.4 Å². The van der Waals surface area contributed by atoms with Crippen molar-refractivity contribution in [3.05, 3.63) is 48.0 Å². The second kappa shape index (κ2) is 7.70. The quantitative estimate of drug-likeness (QED) is 0.363. The fourth-order valence-electron chi connectivity index (χ4n) is 1.84. The van der Waals surface area contributed by atoms with E-state index in [0.717, 1.165) is 12.1 Å². The average Bonchev–Trinajstić information content (AvgIpc) is 2.57. The summed E-state index contributed by atoms with van der Waals surface area (Å²) in [6, 6.07) is 9.23. The Balaban J connectivity index is 2.25. The molecule has 0 saturated carbocycles. The predicted molar refractivity (Wildman–Crippen MR) is 92.3 cm³/mol. The Labute approximate surface area is 149 Å². The van der Waals surface area contributed by atoms with Crippen molar-refractivity contribution in [2.75, 3.05) is 11.2 Å². The second-order valence-corrected chi connectivity index (χ2v) is 7.81. The van der Waals surface area contributed by atoms with Gasteiger partial charge >= 0.3 is 0 Å². The summed E-state index contributed by atoms with van der Waals surface area (Å²) >= 11 is 0. The van der Waals surface area contributed by atoms with E-state index < -0.39 is 31.0 Å². The van der Waals surface area contributed by atoms with Crippen LogP contribution in [-0.2, 0) is 20.2 Å². The van der Waals surface area contributed by atoms with E-state index in [-0.39, 0.29) is 11.3 Å². The number of anilines is 1. The van der Waals surface area contributed by atoms with Gasteiger partial charge in [-0.25, -0.2) is 0 Å². The Bertz CT molecular complexity index is 1050. The minimum Gasteiger partial charge on any atom is -0.370 e. The zero-order chi connectivity index (χ0) is 19.4. The summed E-state index contributed by atoms with van der Waals surface area (Å²) in [7, 11) is -8.72. The standard InChI is InChI=1S/C14H13N3O7S2/c18-8-10-1-6-14(26(22,23)24)13(7-10)17-16-12-4-2-11(3-5-12)15-9-25(19,20)21/h1-8,15H,9H2,(H,19,20,21)(H,22,23,24). The summed E-state index contributed by atoms with van der Waals surface area (Å²) in [5.41, 5.74) is 0.616. The third-order valence-corrected chi connectivity index (χ3v) is 4.41. The summed E-state index contributed by atoms with van der Waals surface area (Å²) in [5, 5.41) is 10.0. The SMILES string of the molecule is O=Cc1ccc(S(=O)(=O)O)c(N=Nc2ccc(NCS(=O)(=O)O)cc2)c1. The van der Waals surface area contributed by atoms with Crippen molar-refractivity contribution in [2.24, 2.45) is 10.2 Å². The van der Waals surface area contributed by atoms with Gasteiger partial charge in [0.05, 0.1) is 5.69 Å². The maximum absolute atomic E-state index is 11.4. The lowest BCUT2D eigenvalue weighted by Gasteiger charge is -2.04. The normalized spacial score (nSPS) is 12.2. The largest absolute Gasteiger partial charge is 0.370 e. The van der Waals surface area contributed by atoms with Crippen LogP contribution in [0.15, 0.2) is 57.6 Å². The highest BCUT2D eigenvalue weighted by atomic mass is 32.2. The molecule has 0 aromatic heterocycles. The lowest BCUT2D eigenvalue weighted by Crippen LogP contribution is -2.12. The van der Waals surface area contributed by atoms with E-state index in [9.17, 15) is 26.2 Å². The number of hydrogen-bond donors (Lipinski definition) is 3. The topological polar surface area (TPSA) is 163 Å². The molecule has 0 radical (unpaired) electrons.